The summed E-state index contributed by atoms with van der Waals surface area (Å²) >= 11 is 7.50. The van der Waals surface area contributed by atoms with E-state index in [2.05, 4.69) is 32.6 Å². The Labute approximate surface area is 156 Å². The summed E-state index contributed by atoms with van der Waals surface area (Å²) in [5, 5.41) is 5.03. The zero-order chi connectivity index (χ0) is 17.6. The number of rotatable bonds is 6. The molecule has 0 radical (unpaired) electrons. The molecule has 2 heterocycles. The molecular weight excluding hydrogens is 361 g/mol. The van der Waals surface area contributed by atoms with Gasteiger partial charge < -0.3 is 10.2 Å². The number of carbonyl (C=O) groups is 1. The minimum Gasteiger partial charge on any atom is -0.324 e. The summed E-state index contributed by atoms with van der Waals surface area (Å²) in [7, 11) is 0. The number of piperazine rings is 1. The monoisotopic (exact) mass is 381 g/mol. The van der Waals surface area contributed by atoms with Gasteiger partial charge in [0.05, 0.1) is 5.69 Å². The standard InChI is InChI=1S/C18H21ClFN3OS/c19-14-3-4-17(16(20)12-14)21-18(24)5-6-22-7-9-23(10-8-22)13-15-2-1-11-25-15/h1-4,11-12H,5-10,13H2,(H,21,24). The predicted molar refractivity (Wildman–Crippen MR) is 101 cm³/mol. The van der Waals surface area contributed by atoms with Crippen LogP contribution in [0.4, 0.5) is 10.1 Å². The molecule has 3 rings (SSSR count). The summed E-state index contributed by atoms with van der Waals surface area (Å²) < 4.78 is 13.7. The van der Waals surface area contributed by atoms with Gasteiger partial charge in [0.2, 0.25) is 5.91 Å². The molecule has 25 heavy (non-hydrogen) atoms. The molecule has 0 saturated carbocycles. The van der Waals surface area contributed by atoms with Crippen LogP contribution in [0.5, 0.6) is 0 Å². The molecular formula is C18H21ClFN3OS. The summed E-state index contributed by atoms with van der Waals surface area (Å²) in [6.45, 7) is 5.61. The number of halogens is 2. The smallest absolute Gasteiger partial charge is 0.225 e. The highest BCUT2D eigenvalue weighted by Gasteiger charge is 2.18. The van der Waals surface area contributed by atoms with E-state index in [4.69, 9.17) is 11.6 Å². The van der Waals surface area contributed by atoms with Crippen molar-refractivity contribution < 1.29 is 9.18 Å². The van der Waals surface area contributed by atoms with Crippen molar-refractivity contribution >= 4 is 34.5 Å². The van der Waals surface area contributed by atoms with Crippen LogP contribution < -0.4 is 5.32 Å². The lowest BCUT2D eigenvalue weighted by atomic mass is 10.2. The molecule has 0 unspecified atom stereocenters. The second-order valence-electron chi connectivity index (χ2n) is 6.12. The van der Waals surface area contributed by atoms with Gasteiger partial charge in [-0.15, -0.1) is 11.3 Å². The van der Waals surface area contributed by atoms with Crippen LogP contribution in [0.25, 0.3) is 0 Å². The van der Waals surface area contributed by atoms with Crippen LogP contribution in [0.3, 0.4) is 0 Å². The molecule has 1 aromatic heterocycles. The van der Waals surface area contributed by atoms with E-state index in [1.807, 2.05) is 0 Å². The molecule has 1 aliphatic heterocycles. The van der Waals surface area contributed by atoms with Crippen molar-refractivity contribution in [3.05, 3.63) is 51.4 Å². The van der Waals surface area contributed by atoms with Crippen LogP contribution in [0.2, 0.25) is 5.02 Å². The summed E-state index contributed by atoms with van der Waals surface area (Å²) in [5.74, 6) is -0.690. The average Bonchev–Trinajstić information content (AvgIpc) is 3.10. The van der Waals surface area contributed by atoms with Crippen LogP contribution in [-0.2, 0) is 11.3 Å². The summed E-state index contributed by atoms with van der Waals surface area (Å²) in [6, 6.07) is 8.49. The van der Waals surface area contributed by atoms with Gasteiger partial charge in [-0.05, 0) is 29.6 Å². The summed E-state index contributed by atoms with van der Waals surface area (Å²) in [6.07, 6.45) is 0.354. The molecule has 1 saturated heterocycles. The first kappa shape index (κ1) is 18.3. The number of nitrogens with one attached hydrogen (secondary N) is 1. The Morgan fingerprint density at radius 3 is 2.64 bits per heavy atom. The van der Waals surface area contributed by atoms with Crippen LogP contribution in [0.15, 0.2) is 35.7 Å². The highest BCUT2D eigenvalue weighted by atomic mass is 35.5. The van der Waals surface area contributed by atoms with E-state index in [0.717, 1.165) is 32.7 Å². The van der Waals surface area contributed by atoms with Gasteiger partial charge in [-0.2, -0.15) is 0 Å². The molecule has 1 amide bonds. The number of nitrogens with zero attached hydrogens (tertiary/aromatic N) is 2. The molecule has 0 atom stereocenters. The number of hydrogen-bond acceptors (Lipinski definition) is 4. The number of benzene rings is 1. The molecule has 0 spiro atoms. The molecule has 1 aliphatic rings. The zero-order valence-electron chi connectivity index (χ0n) is 13.9. The minimum absolute atomic E-state index is 0.176. The van der Waals surface area contributed by atoms with E-state index in [0.29, 0.717) is 18.0 Å². The van der Waals surface area contributed by atoms with Crippen molar-refractivity contribution in [1.29, 1.82) is 0 Å². The molecule has 4 nitrogen and oxygen atoms in total. The molecule has 1 aromatic carbocycles. The van der Waals surface area contributed by atoms with E-state index in [-0.39, 0.29) is 11.6 Å². The highest BCUT2D eigenvalue weighted by molar-refractivity contribution is 7.09. The van der Waals surface area contributed by atoms with E-state index in [1.165, 1.54) is 17.0 Å². The molecule has 7 heteroatoms. The normalized spacial score (nSPS) is 16.1. The van der Waals surface area contributed by atoms with E-state index >= 15 is 0 Å². The average molecular weight is 382 g/mol. The lowest BCUT2D eigenvalue weighted by molar-refractivity contribution is -0.116. The van der Waals surface area contributed by atoms with Gasteiger partial charge in [0.1, 0.15) is 5.82 Å². The fourth-order valence-electron chi connectivity index (χ4n) is 2.86. The van der Waals surface area contributed by atoms with Gasteiger partial charge in [0.15, 0.2) is 0 Å². The Bertz CT molecular complexity index is 702. The topological polar surface area (TPSA) is 35.6 Å². The first-order chi connectivity index (χ1) is 12.1. The molecule has 134 valence electrons. The number of thiophene rings is 1. The molecule has 2 aromatic rings. The van der Waals surface area contributed by atoms with Crippen molar-refractivity contribution in [3.8, 4) is 0 Å². The van der Waals surface area contributed by atoms with Gasteiger partial charge in [0.25, 0.3) is 0 Å². The SMILES string of the molecule is O=C(CCN1CCN(Cc2cccs2)CC1)Nc1ccc(Cl)cc1F. The van der Waals surface area contributed by atoms with E-state index in [1.54, 1.807) is 17.4 Å². The maximum Gasteiger partial charge on any atom is 0.225 e. The van der Waals surface area contributed by atoms with E-state index < -0.39 is 5.82 Å². The fraction of sp³-hybridized carbons (Fsp3) is 0.389. The van der Waals surface area contributed by atoms with Gasteiger partial charge in [-0.25, -0.2) is 4.39 Å². The van der Waals surface area contributed by atoms with E-state index in [9.17, 15) is 9.18 Å². The van der Waals surface area contributed by atoms with Crippen molar-refractivity contribution in [2.24, 2.45) is 0 Å². The highest BCUT2D eigenvalue weighted by Crippen LogP contribution is 2.19. The summed E-state index contributed by atoms with van der Waals surface area (Å²) in [4.78, 5) is 18.1. The van der Waals surface area contributed by atoms with Gasteiger partial charge in [-0.3, -0.25) is 9.69 Å². The third kappa shape index (κ3) is 5.51. The van der Waals surface area contributed by atoms with Crippen LogP contribution in [0.1, 0.15) is 11.3 Å². The Balaban J connectivity index is 1.38. The molecule has 1 N–H and O–H groups in total. The number of hydrogen-bond donors (Lipinski definition) is 1. The first-order valence-corrected chi connectivity index (χ1v) is 9.58. The minimum atomic E-state index is -0.511. The molecule has 0 bridgehead atoms. The number of carbonyl (C=O) groups excluding carboxylic acids is 1. The van der Waals surface area contributed by atoms with Crippen LogP contribution in [0, 0.1) is 5.82 Å². The number of amides is 1. The second-order valence-corrected chi connectivity index (χ2v) is 7.59. The van der Waals surface area contributed by atoms with Crippen LogP contribution >= 0.6 is 22.9 Å². The maximum atomic E-state index is 13.7. The summed E-state index contributed by atoms with van der Waals surface area (Å²) in [5.41, 5.74) is 0.176. The lowest BCUT2D eigenvalue weighted by Crippen LogP contribution is -2.46. The molecule has 1 fully saturated rings. The van der Waals surface area contributed by atoms with Gasteiger partial charge in [0, 0.05) is 55.6 Å². The van der Waals surface area contributed by atoms with Crippen molar-refractivity contribution in [1.82, 2.24) is 9.80 Å². The second kappa shape index (κ2) is 8.76. The Morgan fingerprint density at radius 1 is 1.20 bits per heavy atom. The number of anilines is 1. The Hall–Kier alpha value is -1.47. The Kier molecular flexibility index (Phi) is 6.42. The van der Waals surface area contributed by atoms with Gasteiger partial charge >= 0.3 is 0 Å². The lowest BCUT2D eigenvalue weighted by Gasteiger charge is -2.34. The third-order valence-electron chi connectivity index (χ3n) is 4.28. The van der Waals surface area contributed by atoms with Gasteiger partial charge in [-0.1, -0.05) is 17.7 Å². The fourth-order valence-corrected chi connectivity index (χ4v) is 3.76. The quantitative estimate of drug-likeness (QED) is 0.829. The Morgan fingerprint density at radius 2 is 1.96 bits per heavy atom. The van der Waals surface area contributed by atoms with Crippen LogP contribution in [-0.4, -0.2) is 48.4 Å². The van der Waals surface area contributed by atoms with Crippen molar-refractivity contribution in [2.75, 3.05) is 38.0 Å². The van der Waals surface area contributed by atoms with Crippen molar-refractivity contribution in [3.63, 3.8) is 0 Å². The largest absolute Gasteiger partial charge is 0.324 e. The predicted octanol–water partition coefficient (Wildman–Crippen LogP) is 3.69. The maximum absolute atomic E-state index is 13.7. The third-order valence-corrected chi connectivity index (χ3v) is 5.38. The zero-order valence-corrected chi connectivity index (χ0v) is 15.5. The van der Waals surface area contributed by atoms with Crippen molar-refractivity contribution in [2.45, 2.75) is 13.0 Å². The first-order valence-electron chi connectivity index (χ1n) is 8.32. The molecule has 0 aliphatic carbocycles.